The van der Waals surface area contributed by atoms with Crippen LogP contribution in [-0.2, 0) is 9.59 Å². The minimum atomic E-state index is -0.779. The summed E-state index contributed by atoms with van der Waals surface area (Å²) in [5.74, 6) is -1.53. The Kier molecular flexibility index (Phi) is 4.65. The molecule has 118 valence electrons. The van der Waals surface area contributed by atoms with Gasteiger partial charge in [-0.15, -0.1) is 0 Å². The van der Waals surface area contributed by atoms with Crippen molar-refractivity contribution in [2.24, 2.45) is 5.92 Å². The van der Waals surface area contributed by atoms with Gasteiger partial charge in [0.2, 0.25) is 5.91 Å². The highest BCUT2D eigenvalue weighted by Crippen LogP contribution is 2.26. The Morgan fingerprint density at radius 3 is 2.55 bits per heavy atom. The Balaban J connectivity index is 2.04. The number of rotatable bonds is 2. The maximum Gasteiger partial charge on any atom is 0.333 e. The van der Waals surface area contributed by atoms with Gasteiger partial charge in [0.15, 0.2) is 0 Å². The lowest BCUT2D eigenvalue weighted by Gasteiger charge is -2.18. The molecule has 0 bridgehead atoms. The zero-order chi connectivity index (χ0) is 16.3. The average molecular weight is 304 g/mol. The molecule has 0 aromatic heterocycles. The average Bonchev–Trinajstić information content (AvgIpc) is 2.89. The number of hydrazine groups is 1. The van der Waals surface area contributed by atoms with Gasteiger partial charge in [0.05, 0.1) is 0 Å². The molecule has 0 aliphatic carbocycles. The molecule has 1 heterocycles. The van der Waals surface area contributed by atoms with Gasteiger partial charge in [-0.1, -0.05) is 6.07 Å². The number of nitrogens with zero attached hydrogens (tertiary/aromatic N) is 1. The third kappa shape index (κ3) is 3.19. The SMILES string of the molecule is CNC(=O)NNC(=O)C1CCN(c2ccc(C)c(C)c2)C1=O. The molecule has 1 aliphatic heterocycles. The normalized spacial score (nSPS) is 17.3. The van der Waals surface area contributed by atoms with E-state index >= 15 is 0 Å². The maximum absolute atomic E-state index is 12.4. The number of carbonyl (C=O) groups is 3. The second kappa shape index (κ2) is 6.46. The first kappa shape index (κ1) is 15.8. The molecule has 4 amide bonds. The molecule has 1 aliphatic rings. The third-order valence-electron chi connectivity index (χ3n) is 3.85. The maximum atomic E-state index is 12.4. The summed E-state index contributed by atoms with van der Waals surface area (Å²) in [5, 5.41) is 2.31. The molecule has 1 unspecified atom stereocenters. The molecule has 7 heteroatoms. The topological polar surface area (TPSA) is 90.5 Å². The van der Waals surface area contributed by atoms with Crippen molar-refractivity contribution in [2.45, 2.75) is 20.3 Å². The molecule has 1 aromatic rings. The molecular weight excluding hydrogens is 284 g/mol. The zero-order valence-electron chi connectivity index (χ0n) is 12.9. The van der Waals surface area contributed by atoms with Crippen LogP contribution < -0.4 is 21.1 Å². The molecule has 0 radical (unpaired) electrons. The first-order chi connectivity index (χ1) is 10.4. The smallest absolute Gasteiger partial charge is 0.333 e. The van der Waals surface area contributed by atoms with Crippen LogP contribution in [0.4, 0.5) is 10.5 Å². The summed E-state index contributed by atoms with van der Waals surface area (Å²) in [6, 6.07) is 5.24. The van der Waals surface area contributed by atoms with Crippen molar-refractivity contribution in [2.75, 3.05) is 18.5 Å². The van der Waals surface area contributed by atoms with Crippen molar-refractivity contribution in [1.82, 2.24) is 16.2 Å². The first-order valence-electron chi connectivity index (χ1n) is 7.10. The van der Waals surface area contributed by atoms with Gasteiger partial charge >= 0.3 is 6.03 Å². The van der Waals surface area contributed by atoms with Crippen molar-refractivity contribution < 1.29 is 14.4 Å². The molecule has 2 rings (SSSR count). The number of nitrogens with one attached hydrogen (secondary N) is 3. The fraction of sp³-hybridized carbons (Fsp3) is 0.400. The van der Waals surface area contributed by atoms with Crippen LogP contribution in [0.1, 0.15) is 17.5 Å². The van der Waals surface area contributed by atoms with Gasteiger partial charge in [-0.2, -0.15) is 0 Å². The van der Waals surface area contributed by atoms with E-state index in [1.807, 2.05) is 32.0 Å². The van der Waals surface area contributed by atoms with E-state index in [1.54, 1.807) is 4.90 Å². The second-order valence-electron chi connectivity index (χ2n) is 5.29. The molecule has 1 fully saturated rings. The minimum absolute atomic E-state index is 0.251. The molecule has 3 N–H and O–H groups in total. The van der Waals surface area contributed by atoms with E-state index in [0.29, 0.717) is 13.0 Å². The highest BCUT2D eigenvalue weighted by Gasteiger charge is 2.37. The van der Waals surface area contributed by atoms with E-state index in [9.17, 15) is 14.4 Å². The summed E-state index contributed by atoms with van der Waals surface area (Å²) in [6.07, 6.45) is 0.424. The minimum Gasteiger partial charge on any atom is -0.340 e. The Bertz CT molecular complexity index is 615. The molecule has 7 nitrogen and oxygen atoms in total. The molecular formula is C15H20N4O3. The number of carbonyl (C=O) groups excluding carboxylic acids is 3. The highest BCUT2D eigenvalue weighted by atomic mass is 16.2. The van der Waals surface area contributed by atoms with Gasteiger partial charge in [0, 0.05) is 19.3 Å². The quantitative estimate of drug-likeness (QED) is 0.552. The van der Waals surface area contributed by atoms with Crippen LogP contribution in [0.15, 0.2) is 18.2 Å². The highest BCUT2D eigenvalue weighted by molar-refractivity contribution is 6.09. The van der Waals surface area contributed by atoms with E-state index in [4.69, 9.17) is 0 Å². The molecule has 22 heavy (non-hydrogen) atoms. The lowest BCUT2D eigenvalue weighted by Crippen LogP contribution is -2.49. The third-order valence-corrected chi connectivity index (χ3v) is 3.85. The summed E-state index contributed by atoms with van der Waals surface area (Å²) in [7, 11) is 1.43. The fourth-order valence-corrected chi connectivity index (χ4v) is 2.34. The number of anilines is 1. The number of hydrogen-bond acceptors (Lipinski definition) is 3. The molecule has 0 saturated carbocycles. The van der Waals surface area contributed by atoms with Gasteiger partial charge < -0.3 is 10.2 Å². The number of urea groups is 1. The number of amides is 4. The predicted octanol–water partition coefficient (Wildman–Crippen LogP) is 0.617. The lowest BCUT2D eigenvalue weighted by atomic mass is 10.1. The lowest BCUT2D eigenvalue weighted by molar-refractivity contribution is -0.132. The van der Waals surface area contributed by atoms with Crippen LogP contribution in [0.5, 0.6) is 0 Å². The molecule has 1 saturated heterocycles. The summed E-state index contributed by atoms with van der Waals surface area (Å²) in [6.45, 7) is 4.47. The van der Waals surface area contributed by atoms with Crippen LogP contribution >= 0.6 is 0 Å². The van der Waals surface area contributed by atoms with Crippen LogP contribution in [-0.4, -0.2) is 31.4 Å². The zero-order valence-corrected chi connectivity index (χ0v) is 12.9. The van der Waals surface area contributed by atoms with E-state index in [-0.39, 0.29) is 5.91 Å². The van der Waals surface area contributed by atoms with Crippen molar-refractivity contribution >= 4 is 23.5 Å². The number of aryl methyl sites for hydroxylation is 2. The monoisotopic (exact) mass is 304 g/mol. The largest absolute Gasteiger partial charge is 0.340 e. The summed E-state index contributed by atoms with van der Waals surface area (Å²) in [4.78, 5) is 37.0. The Morgan fingerprint density at radius 1 is 1.18 bits per heavy atom. The van der Waals surface area contributed by atoms with Gasteiger partial charge in [-0.25, -0.2) is 10.2 Å². The second-order valence-corrected chi connectivity index (χ2v) is 5.29. The summed E-state index contributed by atoms with van der Waals surface area (Å²) in [5.41, 5.74) is 7.47. The van der Waals surface area contributed by atoms with E-state index < -0.39 is 17.9 Å². The Morgan fingerprint density at radius 2 is 1.91 bits per heavy atom. The standard InChI is InChI=1S/C15H20N4O3/c1-9-4-5-11(8-10(9)2)19-7-6-12(14(19)21)13(20)17-18-15(22)16-3/h4-5,8,12H,6-7H2,1-3H3,(H,17,20)(H2,16,18,22). The first-order valence-corrected chi connectivity index (χ1v) is 7.10. The van der Waals surface area contributed by atoms with Crippen molar-refractivity contribution in [3.63, 3.8) is 0 Å². The predicted molar refractivity (Wildman–Crippen MR) is 82.1 cm³/mol. The van der Waals surface area contributed by atoms with Gasteiger partial charge in [-0.3, -0.25) is 15.0 Å². The van der Waals surface area contributed by atoms with Crippen molar-refractivity contribution in [3.05, 3.63) is 29.3 Å². The summed E-state index contributed by atoms with van der Waals surface area (Å²) >= 11 is 0. The van der Waals surface area contributed by atoms with Crippen molar-refractivity contribution in [3.8, 4) is 0 Å². The molecule has 1 atom stereocenters. The van der Waals surface area contributed by atoms with Crippen LogP contribution in [0, 0.1) is 19.8 Å². The van der Waals surface area contributed by atoms with E-state index in [0.717, 1.165) is 16.8 Å². The van der Waals surface area contributed by atoms with Gasteiger partial charge in [0.25, 0.3) is 5.91 Å². The summed E-state index contributed by atoms with van der Waals surface area (Å²) < 4.78 is 0. The van der Waals surface area contributed by atoms with Gasteiger partial charge in [0.1, 0.15) is 5.92 Å². The number of benzene rings is 1. The van der Waals surface area contributed by atoms with Crippen LogP contribution in [0.3, 0.4) is 0 Å². The van der Waals surface area contributed by atoms with E-state index in [1.165, 1.54) is 7.05 Å². The van der Waals surface area contributed by atoms with E-state index in [2.05, 4.69) is 16.2 Å². The van der Waals surface area contributed by atoms with Crippen molar-refractivity contribution in [1.29, 1.82) is 0 Å². The van der Waals surface area contributed by atoms with Crippen LogP contribution in [0.25, 0.3) is 0 Å². The Labute approximate surface area is 129 Å². The fourth-order valence-electron chi connectivity index (χ4n) is 2.34. The Hall–Kier alpha value is -2.57. The number of hydrogen-bond donors (Lipinski definition) is 3. The molecule has 0 spiro atoms. The molecule has 1 aromatic carbocycles. The van der Waals surface area contributed by atoms with Crippen LogP contribution in [0.2, 0.25) is 0 Å². The van der Waals surface area contributed by atoms with Gasteiger partial charge in [-0.05, 0) is 43.5 Å².